The smallest absolute Gasteiger partial charge is 0.146 e. The number of aliphatic imine (C=N–C) groups is 1. The minimum atomic E-state index is -0.278. The second kappa shape index (κ2) is 11.2. The first kappa shape index (κ1) is 28.6. The molecule has 0 spiro atoms. The lowest BCUT2D eigenvalue weighted by Gasteiger charge is -2.32. The molecule has 11 rings (SSSR count). The molecule has 3 aromatic heterocycles. The van der Waals surface area contributed by atoms with Gasteiger partial charge in [-0.1, -0.05) is 109 Å². The number of fused-ring (bicyclic) bond motifs is 9. The van der Waals surface area contributed by atoms with Gasteiger partial charge in [-0.15, -0.1) is 11.3 Å². The Hall–Kier alpha value is -6.21. The first-order valence-electron chi connectivity index (χ1n) is 17.2. The van der Waals surface area contributed by atoms with Crippen molar-refractivity contribution in [3.05, 3.63) is 168 Å². The van der Waals surface area contributed by atoms with Crippen LogP contribution < -0.4 is 10.6 Å². The first-order valence-corrected chi connectivity index (χ1v) is 18.0. The van der Waals surface area contributed by atoms with Crippen molar-refractivity contribution < 1.29 is 8.83 Å². The number of hydrogen-bond acceptors (Lipinski definition) is 6. The van der Waals surface area contributed by atoms with Gasteiger partial charge in [0.25, 0.3) is 0 Å². The van der Waals surface area contributed by atoms with E-state index in [-0.39, 0.29) is 12.3 Å². The van der Waals surface area contributed by atoms with Gasteiger partial charge in [0, 0.05) is 47.3 Å². The Labute approximate surface area is 296 Å². The summed E-state index contributed by atoms with van der Waals surface area (Å²) in [5.41, 5.74) is 8.65. The van der Waals surface area contributed by atoms with Crippen molar-refractivity contribution in [1.29, 1.82) is 0 Å². The van der Waals surface area contributed by atoms with Gasteiger partial charge in [-0.3, -0.25) is 5.32 Å². The minimum Gasteiger partial charge on any atom is -0.456 e. The molecule has 2 atom stereocenters. The van der Waals surface area contributed by atoms with Crippen LogP contribution in [0.5, 0.6) is 0 Å². The van der Waals surface area contributed by atoms with E-state index in [1.165, 1.54) is 20.2 Å². The van der Waals surface area contributed by atoms with E-state index < -0.39 is 0 Å². The Bertz CT molecular complexity index is 3010. The summed E-state index contributed by atoms with van der Waals surface area (Å²) in [5.74, 6) is 0.790. The number of thiophene rings is 1. The molecule has 1 aliphatic rings. The Balaban J connectivity index is 1.06. The molecule has 4 heterocycles. The first-order chi connectivity index (χ1) is 25.2. The highest BCUT2D eigenvalue weighted by Gasteiger charge is 2.28. The summed E-state index contributed by atoms with van der Waals surface area (Å²) in [6.07, 6.45) is -0.440. The number of rotatable bonds is 4. The van der Waals surface area contributed by atoms with E-state index in [9.17, 15) is 0 Å². The summed E-state index contributed by atoms with van der Waals surface area (Å²) < 4.78 is 15.7. The minimum absolute atomic E-state index is 0.163. The second-order valence-corrected chi connectivity index (χ2v) is 14.2. The van der Waals surface area contributed by atoms with Crippen LogP contribution >= 0.6 is 11.3 Å². The standard InChI is InChI=1S/C45H29N3O2S/c1-2-10-26(11-3-1)43-46-44(28-21-23-40-36(24-28)32-13-5-7-19-39(32)51-40)48-45(47-43)35-17-9-16-34-33-15-8-14-29(41(33)50-42(34)35)27-20-22-31-30-12-4-6-18-37(30)49-38(31)25-27/h1-25,43-44,46H,(H,47,48). The summed E-state index contributed by atoms with van der Waals surface area (Å²) in [6.45, 7) is 0. The third-order valence-electron chi connectivity index (χ3n) is 10.2. The third-order valence-corrected chi connectivity index (χ3v) is 11.3. The number of furan rings is 2. The fourth-order valence-electron chi connectivity index (χ4n) is 7.72. The molecule has 0 saturated heterocycles. The van der Waals surface area contributed by atoms with Crippen molar-refractivity contribution >= 4 is 81.2 Å². The maximum atomic E-state index is 6.90. The summed E-state index contributed by atoms with van der Waals surface area (Å²) in [7, 11) is 0. The van der Waals surface area contributed by atoms with Gasteiger partial charge in [-0.25, -0.2) is 4.99 Å². The van der Waals surface area contributed by atoms with Crippen molar-refractivity contribution in [3.63, 3.8) is 0 Å². The fraction of sp³-hybridized carbons (Fsp3) is 0.0444. The highest BCUT2D eigenvalue weighted by molar-refractivity contribution is 7.25. The van der Waals surface area contributed by atoms with Crippen LogP contribution in [0.4, 0.5) is 0 Å². The van der Waals surface area contributed by atoms with E-state index >= 15 is 0 Å². The zero-order valence-electron chi connectivity index (χ0n) is 27.3. The predicted molar refractivity (Wildman–Crippen MR) is 210 cm³/mol. The maximum Gasteiger partial charge on any atom is 0.146 e. The average molecular weight is 676 g/mol. The monoisotopic (exact) mass is 675 g/mol. The van der Waals surface area contributed by atoms with Crippen molar-refractivity contribution in [2.45, 2.75) is 12.3 Å². The molecule has 0 fully saturated rings. The summed E-state index contributed by atoms with van der Waals surface area (Å²) in [4.78, 5) is 5.35. The van der Waals surface area contributed by atoms with E-state index in [2.05, 4.69) is 138 Å². The van der Waals surface area contributed by atoms with Gasteiger partial charge in [0.2, 0.25) is 0 Å². The Kier molecular flexibility index (Phi) is 6.26. The molecule has 0 aliphatic carbocycles. The van der Waals surface area contributed by atoms with Gasteiger partial charge in [0.1, 0.15) is 40.5 Å². The number of amidine groups is 1. The van der Waals surface area contributed by atoms with Crippen molar-refractivity contribution in [3.8, 4) is 11.1 Å². The van der Waals surface area contributed by atoms with Crippen molar-refractivity contribution in [2.75, 3.05) is 0 Å². The average Bonchev–Trinajstić information content (AvgIpc) is 3.88. The highest BCUT2D eigenvalue weighted by atomic mass is 32.1. The Morgan fingerprint density at radius 3 is 2.08 bits per heavy atom. The molecule has 2 unspecified atom stereocenters. The molecule has 0 amide bonds. The van der Waals surface area contributed by atoms with Crippen LogP contribution in [0.2, 0.25) is 0 Å². The molecular weight excluding hydrogens is 647 g/mol. The number of nitrogens with one attached hydrogen (secondary N) is 2. The van der Waals surface area contributed by atoms with E-state index in [0.29, 0.717) is 0 Å². The normalized spacial score (nSPS) is 16.4. The fourth-order valence-corrected chi connectivity index (χ4v) is 8.81. The molecule has 242 valence electrons. The molecule has 2 N–H and O–H groups in total. The molecule has 7 aromatic carbocycles. The van der Waals surface area contributed by atoms with Crippen LogP contribution in [-0.2, 0) is 0 Å². The molecule has 5 nitrogen and oxygen atoms in total. The van der Waals surface area contributed by atoms with Crippen LogP contribution in [-0.4, -0.2) is 5.84 Å². The van der Waals surface area contributed by atoms with E-state index in [1.54, 1.807) is 0 Å². The van der Waals surface area contributed by atoms with E-state index in [1.807, 2.05) is 35.6 Å². The Morgan fingerprint density at radius 2 is 1.20 bits per heavy atom. The molecule has 0 radical (unpaired) electrons. The van der Waals surface area contributed by atoms with Crippen LogP contribution in [0, 0.1) is 0 Å². The van der Waals surface area contributed by atoms with Crippen LogP contribution in [0.3, 0.4) is 0 Å². The number of hydrogen-bond donors (Lipinski definition) is 2. The SMILES string of the molecule is c1ccc(C2NC(c3cccc4c3oc3c(-c5ccc6c(c5)oc5ccccc56)cccc34)=NC(c3ccc4sc5ccccc5c4c3)N2)cc1. The molecule has 0 saturated carbocycles. The zero-order valence-corrected chi connectivity index (χ0v) is 28.1. The lowest BCUT2D eigenvalue weighted by atomic mass is 10.0. The van der Waals surface area contributed by atoms with Gasteiger partial charge in [-0.05, 0) is 59.2 Å². The third kappa shape index (κ3) is 4.54. The summed E-state index contributed by atoms with van der Waals surface area (Å²) in [5, 5.41) is 14.4. The number of benzene rings is 7. The van der Waals surface area contributed by atoms with Crippen LogP contribution in [0.15, 0.2) is 165 Å². The van der Waals surface area contributed by atoms with Gasteiger partial charge >= 0.3 is 0 Å². The van der Waals surface area contributed by atoms with E-state index in [4.69, 9.17) is 13.8 Å². The zero-order chi connectivity index (χ0) is 33.5. The topological polar surface area (TPSA) is 62.7 Å². The second-order valence-electron chi connectivity index (χ2n) is 13.2. The molecule has 51 heavy (non-hydrogen) atoms. The molecule has 6 heteroatoms. The van der Waals surface area contributed by atoms with Crippen LogP contribution in [0.25, 0.3) is 75.2 Å². The summed E-state index contributed by atoms with van der Waals surface area (Å²) in [6, 6.07) is 53.2. The van der Waals surface area contributed by atoms with Crippen molar-refractivity contribution in [2.24, 2.45) is 4.99 Å². The predicted octanol–water partition coefficient (Wildman–Crippen LogP) is 11.9. The van der Waals surface area contributed by atoms with Gasteiger partial charge in [0.15, 0.2) is 0 Å². The maximum absolute atomic E-state index is 6.90. The van der Waals surface area contributed by atoms with Gasteiger partial charge in [-0.2, -0.15) is 0 Å². The van der Waals surface area contributed by atoms with E-state index in [0.717, 1.165) is 77.5 Å². The lowest BCUT2D eigenvalue weighted by Crippen LogP contribution is -2.45. The Morgan fingerprint density at radius 1 is 0.490 bits per heavy atom. The van der Waals surface area contributed by atoms with Gasteiger partial charge in [0.05, 0.1) is 5.56 Å². The number of nitrogens with zero attached hydrogens (tertiary/aromatic N) is 1. The van der Waals surface area contributed by atoms with Crippen molar-refractivity contribution in [1.82, 2.24) is 10.6 Å². The molecule has 0 bridgehead atoms. The van der Waals surface area contributed by atoms with Crippen LogP contribution in [0.1, 0.15) is 29.0 Å². The molecular formula is C45H29N3O2S. The quantitative estimate of drug-likeness (QED) is 0.195. The lowest BCUT2D eigenvalue weighted by molar-refractivity contribution is 0.409. The van der Waals surface area contributed by atoms with Gasteiger partial charge < -0.3 is 14.2 Å². The molecule has 1 aliphatic heterocycles. The summed E-state index contributed by atoms with van der Waals surface area (Å²) >= 11 is 1.83. The molecule has 10 aromatic rings. The highest BCUT2D eigenvalue weighted by Crippen LogP contribution is 2.40. The largest absolute Gasteiger partial charge is 0.456 e. The number of para-hydroxylation sites is 3.